The molecule has 0 aromatic carbocycles. The highest BCUT2D eigenvalue weighted by atomic mass is 32.2. The van der Waals surface area contributed by atoms with E-state index in [1.807, 2.05) is 0 Å². The van der Waals surface area contributed by atoms with Gasteiger partial charge in [-0.1, -0.05) is 6.92 Å². The molecule has 0 aliphatic carbocycles. The Kier molecular flexibility index (Phi) is 6.73. The molecule has 0 atom stereocenters. The molecule has 0 aliphatic heterocycles. The Hall–Kier alpha value is -0.870. The van der Waals surface area contributed by atoms with Crippen LogP contribution >= 0.6 is 0 Å². The zero-order valence-corrected chi connectivity index (χ0v) is 11.5. The zero-order valence-electron chi connectivity index (χ0n) is 10.6. The quantitative estimate of drug-likeness (QED) is 0.723. The summed E-state index contributed by atoms with van der Waals surface area (Å²) in [7, 11) is -3.26. The third-order valence-electron chi connectivity index (χ3n) is 2.19. The van der Waals surface area contributed by atoms with Crippen LogP contribution in [0.3, 0.4) is 0 Å². The minimum Gasteiger partial charge on any atom is -0.481 e. The molecule has 0 radical (unpaired) electrons. The maximum Gasteiger partial charge on any atom is 0.402 e. The monoisotopic (exact) mass is 306 g/mol. The van der Waals surface area contributed by atoms with Gasteiger partial charge < -0.3 is 5.11 Å². The minimum absolute atomic E-state index is 0.224. The maximum absolute atomic E-state index is 12.3. The van der Waals surface area contributed by atoms with Crippen molar-refractivity contribution in [1.82, 2.24) is 8.61 Å². The Morgan fingerprint density at radius 2 is 1.79 bits per heavy atom. The Morgan fingerprint density at radius 1 is 1.26 bits per heavy atom. The predicted molar refractivity (Wildman–Crippen MR) is 61.7 cm³/mol. The largest absolute Gasteiger partial charge is 0.481 e. The minimum atomic E-state index is -4.64. The SMILES string of the molecule is CCCN(CC(F)(F)F)S(=O)(=O)N(C)CCC(=O)O. The third-order valence-corrected chi connectivity index (χ3v) is 4.12. The van der Waals surface area contributed by atoms with Crippen molar-refractivity contribution in [1.29, 1.82) is 0 Å². The molecule has 6 nitrogen and oxygen atoms in total. The third kappa shape index (κ3) is 6.73. The van der Waals surface area contributed by atoms with Crippen LogP contribution < -0.4 is 0 Å². The molecule has 0 aliphatic rings. The Morgan fingerprint density at radius 3 is 2.16 bits per heavy atom. The molecule has 0 spiro atoms. The fraction of sp³-hybridized carbons (Fsp3) is 0.889. The number of carboxylic acid groups (broad SMARTS) is 1. The molecule has 10 heteroatoms. The topological polar surface area (TPSA) is 77.9 Å². The van der Waals surface area contributed by atoms with Crippen LogP contribution in [0.15, 0.2) is 0 Å². The molecule has 0 saturated heterocycles. The summed E-state index contributed by atoms with van der Waals surface area (Å²) < 4.78 is 61.6. The number of rotatable bonds is 8. The van der Waals surface area contributed by atoms with E-state index < -0.39 is 35.3 Å². The fourth-order valence-corrected chi connectivity index (χ4v) is 2.73. The highest BCUT2D eigenvalue weighted by Crippen LogP contribution is 2.20. The first kappa shape index (κ1) is 18.1. The normalized spacial score (nSPS) is 13.2. The van der Waals surface area contributed by atoms with E-state index in [-0.39, 0.29) is 19.5 Å². The van der Waals surface area contributed by atoms with Crippen LogP contribution in [0.2, 0.25) is 0 Å². The van der Waals surface area contributed by atoms with Crippen LogP contribution in [0.4, 0.5) is 13.2 Å². The molecular weight excluding hydrogens is 289 g/mol. The molecule has 0 bridgehead atoms. The van der Waals surface area contributed by atoms with E-state index in [2.05, 4.69) is 0 Å². The standard InChI is InChI=1S/C9H17F3N2O4S/c1-3-5-14(7-9(10,11)12)19(17,18)13(2)6-4-8(15)16/h3-7H2,1-2H3,(H,15,16). The van der Waals surface area contributed by atoms with Crippen LogP contribution in [0.25, 0.3) is 0 Å². The molecule has 1 N–H and O–H groups in total. The summed E-state index contributed by atoms with van der Waals surface area (Å²) in [6, 6.07) is 0. The number of carboxylic acids is 1. The van der Waals surface area contributed by atoms with Gasteiger partial charge in [-0.3, -0.25) is 4.79 Å². The lowest BCUT2D eigenvalue weighted by Gasteiger charge is -2.27. The predicted octanol–water partition coefficient (Wildman–Crippen LogP) is 0.912. The average molecular weight is 306 g/mol. The number of nitrogens with zero attached hydrogens (tertiary/aromatic N) is 2. The molecule has 0 aromatic rings. The van der Waals surface area contributed by atoms with E-state index in [1.54, 1.807) is 6.92 Å². The first-order valence-electron chi connectivity index (χ1n) is 5.50. The zero-order chi connectivity index (χ0) is 15.3. The number of aliphatic carboxylic acids is 1. The van der Waals surface area contributed by atoms with E-state index in [1.165, 1.54) is 0 Å². The Balaban J connectivity index is 4.92. The first-order chi connectivity index (χ1) is 8.50. The number of carbonyl (C=O) groups is 1. The van der Waals surface area contributed by atoms with Crippen molar-refractivity contribution in [3.63, 3.8) is 0 Å². The van der Waals surface area contributed by atoms with Crippen LogP contribution in [0.5, 0.6) is 0 Å². The smallest absolute Gasteiger partial charge is 0.402 e. The van der Waals surface area contributed by atoms with E-state index in [0.717, 1.165) is 7.05 Å². The van der Waals surface area contributed by atoms with Crippen LogP contribution in [-0.2, 0) is 15.0 Å². The number of hydrogen-bond donors (Lipinski definition) is 1. The van der Waals surface area contributed by atoms with Gasteiger partial charge in [0.05, 0.1) is 6.42 Å². The summed E-state index contributed by atoms with van der Waals surface area (Å²) in [6.45, 7) is -0.689. The molecule has 0 unspecified atom stereocenters. The maximum atomic E-state index is 12.3. The number of hydrogen-bond acceptors (Lipinski definition) is 3. The van der Waals surface area contributed by atoms with Crippen molar-refractivity contribution in [3.8, 4) is 0 Å². The van der Waals surface area contributed by atoms with Gasteiger partial charge in [-0.25, -0.2) is 0 Å². The van der Waals surface area contributed by atoms with Gasteiger partial charge in [0.25, 0.3) is 10.2 Å². The summed E-state index contributed by atoms with van der Waals surface area (Å²) in [4.78, 5) is 10.3. The van der Waals surface area contributed by atoms with E-state index in [0.29, 0.717) is 8.61 Å². The molecule has 0 rings (SSSR count). The molecule has 0 fully saturated rings. The number of alkyl halides is 3. The highest BCUT2D eigenvalue weighted by Gasteiger charge is 2.37. The van der Waals surface area contributed by atoms with Gasteiger partial charge in [-0.15, -0.1) is 0 Å². The molecule has 0 aromatic heterocycles. The van der Waals surface area contributed by atoms with Crippen LogP contribution in [0, 0.1) is 0 Å². The molecule has 0 saturated carbocycles. The van der Waals surface area contributed by atoms with E-state index in [4.69, 9.17) is 5.11 Å². The van der Waals surface area contributed by atoms with E-state index >= 15 is 0 Å². The van der Waals surface area contributed by atoms with Gasteiger partial charge in [0.2, 0.25) is 0 Å². The van der Waals surface area contributed by atoms with Gasteiger partial charge in [0.1, 0.15) is 6.54 Å². The van der Waals surface area contributed by atoms with Crippen LogP contribution in [0.1, 0.15) is 19.8 Å². The molecule has 0 heterocycles. The lowest BCUT2D eigenvalue weighted by atomic mass is 10.4. The van der Waals surface area contributed by atoms with Gasteiger partial charge in [-0.05, 0) is 6.42 Å². The summed E-state index contributed by atoms with van der Waals surface area (Å²) in [5, 5.41) is 8.44. The average Bonchev–Trinajstić information content (AvgIpc) is 2.23. The lowest BCUT2D eigenvalue weighted by Crippen LogP contribution is -2.46. The molecule has 114 valence electrons. The van der Waals surface area contributed by atoms with Crippen molar-refractivity contribution in [2.24, 2.45) is 0 Å². The van der Waals surface area contributed by atoms with Crippen molar-refractivity contribution in [2.45, 2.75) is 25.9 Å². The van der Waals surface area contributed by atoms with Crippen molar-refractivity contribution in [2.75, 3.05) is 26.7 Å². The van der Waals surface area contributed by atoms with Gasteiger partial charge in [-0.2, -0.15) is 30.2 Å². The summed E-state index contributed by atoms with van der Waals surface area (Å²) in [6.07, 6.45) is -4.89. The Bertz CT molecular complexity index is 397. The second kappa shape index (κ2) is 7.06. The van der Waals surface area contributed by atoms with Gasteiger partial charge >= 0.3 is 12.1 Å². The second-order valence-electron chi connectivity index (χ2n) is 3.92. The second-order valence-corrected chi connectivity index (χ2v) is 5.96. The Labute approximate surface area is 110 Å². The molecule has 19 heavy (non-hydrogen) atoms. The van der Waals surface area contributed by atoms with Gasteiger partial charge in [0, 0.05) is 20.1 Å². The van der Waals surface area contributed by atoms with E-state index in [9.17, 15) is 26.4 Å². The summed E-state index contributed by atoms with van der Waals surface area (Å²) in [5.74, 6) is -1.22. The summed E-state index contributed by atoms with van der Waals surface area (Å²) >= 11 is 0. The van der Waals surface area contributed by atoms with Crippen LogP contribution in [-0.4, -0.2) is 61.0 Å². The van der Waals surface area contributed by atoms with Gasteiger partial charge in [0.15, 0.2) is 0 Å². The first-order valence-corrected chi connectivity index (χ1v) is 6.90. The van der Waals surface area contributed by atoms with Crippen molar-refractivity contribution < 1.29 is 31.5 Å². The fourth-order valence-electron chi connectivity index (χ4n) is 1.29. The number of halogens is 3. The highest BCUT2D eigenvalue weighted by molar-refractivity contribution is 7.86. The lowest BCUT2D eigenvalue weighted by molar-refractivity contribution is -0.138. The summed E-state index contributed by atoms with van der Waals surface area (Å²) in [5.41, 5.74) is 0. The molecule has 0 amide bonds. The molecular formula is C9H17F3N2O4S. The van der Waals surface area contributed by atoms with Crippen molar-refractivity contribution >= 4 is 16.2 Å². The van der Waals surface area contributed by atoms with Crippen molar-refractivity contribution in [3.05, 3.63) is 0 Å².